The second kappa shape index (κ2) is 5.51. The van der Waals surface area contributed by atoms with Gasteiger partial charge in [-0.05, 0) is 12.3 Å². The molecule has 1 fully saturated rings. The average Bonchev–Trinajstić information content (AvgIpc) is 2.67. The van der Waals surface area contributed by atoms with Crippen LogP contribution >= 0.6 is 0 Å². The lowest BCUT2D eigenvalue weighted by Gasteiger charge is -2.23. The van der Waals surface area contributed by atoms with Crippen molar-refractivity contribution in [2.75, 3.05) is 20.2 Å². The SMILES string of the molecule is COC(=O)CNC(=O)N1CCC(C)C1C(=O)O. The number of esters is 1. The molecule has 0 spiro atoms. The van der Waals surface area contributed by atoms with Crippen molar-refractivity contribution >= 4 is 18.0 Å². The Morgan fingerprint density at radius 3 is 2.65 bits per heavy atom. The number of carboxylic acid groups (broad SMARTS) is 1. The standard InChI is InChI=1S/C10H16N2O5/c1-6-3-4-12(8(6)9(14)15)10(16)11-5-7(13)17-2/h6,8H,3-5H2,1-2H3,(H,11,16)(H,14,15). The molecule has 96 valence electrons. The van der Waals surface area contributed by atoms with Crippen LogP contribution in [0.5, 0.6) is 0 Å². The van der Waals surface area contributed by atoms with Crippen LogP contribution in [0.15, 0.2) is 0 Å². The zero-order valence-electron chi connectivity index (χ0n) is 9.80. The number of likely N-dealkylation sites (tertiary alicyclic amines) is 1. The third kappa shape index (κ3) is 3.08. The lowest BCUT2D eigenvalue weighted by Crippen LogP contribution is -2.48. The molecule has 0 aromatic carbocycles. The van der Waals surface area contributed by atoms with Gasteiger partial charge in [0.25, 0.3) is 0 Å². The highest BCUT2D eigenvalue weighted by atomic mass is 16.5. The second-order valence-corrected chi connectivity index (χ2v) is 3.98. The molecule has 7 nitrogen and oxygen atoms in total. The minimum atomic E-state index is -1.02. The quantitative estimate of drug-likeness (QED) is 0.662. The first-order chi connectivity index (χ1) is 7.97. The number of hydrogen-bond acceptors (Lipinski definition) is 4. The van der Waals surface area contributed by atoms with Crippen molar-refractivity contribution in [3.63, 3.8) is 0 Å². The number of urea groups is 1. The van der Waals surface area contributed by atoms with E-state index in [0.717, 1.165) is 0 Å². The Bertz CT molecular complexity index is 331. The fourth-order valence-electron chi connectivity index (χ4n) is 1.87. The number of hydrogen-bond donors (Lipinski definition) is 2. The van der Waals surface area contributed by atoms with Crippen LogP contribution in [0.3, 0.4) is 0 Å². The van der Waals surface area contributed by atoms with E-state index in [-0.39, 0.29) is 12.5 Å². The maximum absolute atomic E-state index is 11.7. The van der Waals surface area contributed by atoms with E-state index in [1.54, 1.807) is 6.92 Å². The van der Waals surface area contributed by atoms with Crippen molar-refractivity contribution in [3.05, 3.63) is 0 Å². The Balaban J connectivity index is 2.57. The minimum absolute atomic E-state index is 0.0867. The summed E-state index contributed by atoms with van der Waals surface area (Å²) in [5.74, 6) is -1.68. The monoisotopic (exact) mass is 244 g/mol. The molecule has 1 rings (SSSR count). The van der Waals surface area contributed by atoms with Crippen LogP contribution in [0.25, 0.3) is 0 Å². The molecule has 17 heavy (non-hydrogen) atoms. The summed E-state index contributed by atoms with van der Waals surface area (Å²) in [6, 6.07) is -1.38. The van der Waals surface area contributed by atoms with Gasteiger partial charge in [-0.2, -0.15) is 0 Å². The molecule has 2 N–H and O–H groups in total. The summed E-state index contributed by atoms with van der Waals surface area (Å²) in [5, 5.41) is 11.3. The summed E-state index contributed by atoms with van der Waals surface area (Å²) in [6.45, 7) is 1.91. The highest BCUT2D eigenvalue weighted by Crippen LogP contribution is 2.23. The van der Waals surface area contributed by atoms with Crippen LogP contribution in [-0.4, -0.2) is 54.2 Å². The molecule has 0 saturated carbocycles. The van der Waals surface area contributed by atoms with Crippen molar-refractivity contribution in [2.24, 2.45) is 5.92 Å². The molecule has 1 aliphatic rings. The smallest absolute Gasteiger partial charge is 0.326 e. The summed E-state index contributed by atoms with van der Waals surface area (Å²) in [5.41, 5.74) is 0. The number of aliphatic carboxylic acids is 1. The Morgan fingerprint density at radius 2 is 2.12 bits per heavy atom. The molecular formula is C10H16N2O5. The first-order valence-electron chi connectivity index (χ1n) is 5.31. The van der Waals surface area contributed by atoms with E-state index in [4.69, 9.17) is 5.11 Å². The van der Waals surface area contributed by atoms with Crippen molar-refractivity contribution in [3.8, 4) is 0 Å². The number of nitrogens with one attached hydrogen (secondary N) is 1. The molecule has 0 aromatic heterocycles. The van der Waals surface area contributed by atoms with Crippen LogP contribution < -0.4 is 5.32 Å². The third-order valence-electron chi connectivity index (χ3n) is 2.83. The maximum Gasteiger partial charge on any atom is 0.326 e. The molecule has 0 radical (unpaired) electrons. The van der Waals surface area contributed by atoms with E-state index in [9.17, 15) is 14.4 Å². The predicted molar refractivity (Wildman–Crippen MR) is 57.3 cm³/mol. The molecule has 0 bridgehead atoms. The molecule has 0 aromatic rings. The van der Waals surface area contributed by atoms with E-state index >= 15 is 0 Å². The van der Waals surface area contributed by atoms with Gasteiger partial charge in [-0.25, -0.2) is 9.59 Å². The molecule has 1 aliphatic heterocycles. The van der Waals surface area contributed by atoms with Gasteiger partial charge in [0.05, 0.1) is 7.11 Å². The largest absolute Gasteiger partial charge is 0.480 e. The first kappa shape index (κ1) is 13.3. The Hall–Kier alpha value is -1.79. The van der Waals surface area contributed by atoms with Gasteiger partial charge in [-0.1, -0.05) is 6.92 Å². The number of carboxylic acids is 1. The number of amides is 2. The Labute approximate surface area is 98.7 Å². The third-order valence-corrected chi connectivity index (χ3v) is 2.83. The molecule has 7 heteroatoms. The summed E-state index contributed by atoms with van der Waals surface area (Å²) in [6.07, 6.45) is 0.641. The molecule has 0 aliphatic carbocycles. The molecule has 1 heterocycles. The average molecular weight is 244 g/mol. The van der Waals surface area contributed by atoms with Crippen molar-refractivity contribution in [1.29, 1.82) is 0 Å². The Morgan fingerprint density at radius 1 is 1.47 bits per heavy atom. The first-order valence-corrected chi connectivity index (χ1v) is 5.31. The molecule has 2 unspecified atom stereocenters. The molecular weight excluding hydrogens is 228 g/mol. The van der Waals surface area contributed by atoms with Gasteiger partial charge < -0.3 is 20.1 Å². The van der Waals surface area contributed by atoms with E-state index < -0.39 is 24.0 Å². The number of methoxy groups -OCH3 is 1. The van der Waals surface area contributed by atoms with Crippen LogP contribution in [0.1, 0.15) is 13.3 Å². The highest BCUT2D eigenvalue weighted by Gasteiger charge is 2.39. The molecule has 2 amide bonds. The van der Waals surface area contributed by atoms with Gasteiger partial charge in [0.1, 0.15) is 12.6 Å². The zero-order chi connectivity index (χ0) is 13.0. The number of rotatable bonds is 3. The maximum atomic E-state index is 11.7. The number of ether oxygens (including phenoxy) is 1. The normalized spacial score (nSPS) is 23.3. The van der Waals surface area contributed by atoms with Crippen molar-refractivity contribution < 1.29 is 24.2 Å². The minimum Gasteiger partial charge on any atom is -0.480 e. The fraction of sp³-hybridized carbons (Fsp3) is 0.700. The summed E-state index contributed by atoms with van der Waals surface area (Å²) >= 11 is 0. The van der Waals surface area contributed by atoms with E-state index in [1.807, 2.05) is 0 Å². The van der Waals surface area contributed by atoms with Gasteiger partial charge in [-0.15, -0.1) is 0 Å². The summed E-state index contributed by atoms with van der Waals surface area (Å²) in [7, 11) is 1.21. The summed E-state index contributed by atoms with van der Waals surface area (Å²) in [4.78, 5) is 34.7. The zero-order valence-corrected chi connectivity index (χ0v) is 9.80. The second-order valence-electron chi connectivity index (χ2n) is 3.98. The molecule has 1 saturated heterocycles. The van der Waals surface area contributed by atoms with Crippen molar-refractivity contribution in [2.45, 2.75) is 19.4 Å². The van der Waals surface area contributed by atoms with Crippen LogP contribution in [0, 0.1) is 5.92 Å². The fourth-order valence-corrected chi connectivity index (χ4v) is 1.87. The highest BCUT2D eigenvalue weighted by molar-refractivity contribution is 5.85. The Kier molecular flexibility index (Phi) is 4.30. The van der Waals surface area contributed by atoms with Gasteiger partial charge in [-0.3, -0.25) is 4.79 Å². The number of carbonyl (C=O) groups excluding carboxylic acids is 2. The van der Waals surface area contributed by atoms with E-state index in [0.29, 0.717) is 13.0 Å². The van der Waals surface area contributed by atoms with Crippen LogP contribution in [0.4, 0.5) is 4.79 Å². The van der Waals surface area contributed by atoms with Crippen molar-refractivity contribution in [1.82, 2.24) is 10.2 Å². The van der Waals surface area contributed by atoms with E-state index in [1.165, 1.54) is 12.0 Å². The predicted octanol–water partition coefficient (Wildman–Crippen LogP) is -0.336. The van der Waals surface area contributed by atoms with Gasteiger partial charge in [0.2, 0.25) is 0 Å². The number of carbonyl (C=O) groups is 3. The van der Waals surface area contributed by atoms with Crippen LogP contribution in [0.2, 0.25) is 0 Å². The van der Waals surface area contributed by atoms with Gasteiger partial charge in [0.15, 0.2) is 0 Å². The lowest BCUT2D eigenvalue weighted by atomic mass is 10.0. The molecule has 2 atom stereocenters. The van der Waals surface area contributed by atoms with E-state index in [2.05, 4.69) is 10.1 Å². The lowest BCUT2D eigenvalue weighted by molar-refractivity contribution is -0.142. The number of nitrogens with zero attached hydrogens (tertiary/aromatic N) is 1. The summed E-state index contributed by atoms with van der Waals surface area (Å²) < 4.78 is 4.37. The van der Waals surface area contributed by atoms with Gasteiger partial charge >= 0.3 is 18.0 Å². The van der Waals surface area contributed by atoms with Crippen LogP contribution in [-0.2, 0) is 14.3 Å². The van der Waals surface area contributed by atoms with Gasteiger partial charge in [0, 0.05) is 6.54 Å². The topological polar surface area (TPSA) is 95.9 Å².